The number of nitrogens with one attached hydrogen (secondary N) is 1. The lowest BCUT2D eigenvalue weighted by Gasteiger charge is -2.34. The van der Waals surface area contributed by atoms with Crippen molar-refractivity contribution >= 4 is 0 Å². The van der Waals surface area contributed by atoms with Crippen molar-refractivity contribution in [2.45, 2.75) is 39.3 Å². The molecule has 0 radical (unpaired) electrons. The first-order chi connectivity index (χ1) is 6.49. The van der Waals surface area contributed by atoms with Crippen LogP contribution in [0.1, 0.15) is 27.7 Å². The molecule has 1 rings (SSSR count). The van der Waals surface area contributed by atoms with E-state index in [9.17, 15) is 0 Å². The highest BCUT2D eigenvalue weighted by Crippen LogP contribution is 2.05. The Bertz CT molecular complexity index is 159. The SMILES string of the molecule is CC(CNC(C)(C)C)N1CCOCC1. The van der Waals surface area contributed by atoms with Crippen LogP contribution >= 0.6 is 0 Å². The first-order valence-corrected chi connectivity index (χ1v) is 5.56. The Morgan fingerprint density at radius 3 is 2.36 bits per heavy atom. The number of rotatable bonds is 3. The van der Waals surface area contributed by atoms with E-state index < -0.39 is 0 Å². The van der Waals surface area contributed by atoms with Gasteiger partial charge in [-0.05, 0) is 27.7 Å². The molecule has 0 aromatic carbocycles. The molecule has 0 aliphatic carbocycles. The van der Waals surface area contributed by atoms with Gasteiger partial charge in [-0.1, -0.05) is 0 Å². The van der Waals surface area contributed by atoms with E-state index in [-0.39, 0.29) is 5.54 Å². The van der Waals surface area contributed by atoms with Crippen LogP contribution in [-0.4, -0.2) is 49.3 Å². The molecule has 0 bridgehead atoms. The number of nitrogens with zero attached hydrogens (tertiary/aromatic N) is 1. The highest BCUT2D eigenvalue weighted by atomic mass is 16.5. The highest BCUT2D eigenvalue weighted by molar-refractivity contribution is 4.77. The van der Waals surface area contributed by atoms with E-state index in [1.165, 1.54) is 0 Å². The number of morpholine rings is 1. The number of ether oxygens (including phenoxy) is 1. The summed E-state index contributed by atoms with van der Waals surface area (Å²) in [5, 5.41) is 3.54. The molecule has 84 valence electrons. The van der Waals surface area contributed by atoms with Crippen LogP contribution in [0.4, 0.5) is 0 Å². The minimum Gasteiger partial charge on any atom is -0.379 e. The van der Waals surface area contributed by atoms with Crippen LogP contribution in [0.5, 0.6) is 0 Å². The molecule has 1 heterocycles. The summed E-state index contributed by atoms with van der Waals surface area (Å²) in [7, 11) is 0. The molecule has 1 atom stereocenters. The molecular formula is C11H24N2O. The quantitative estimate of drug-likeness (QED) is 0.738. The molecule has 1 fully saturated rings. The molecule has 1 N–H and O–H groups in total. The summed E-state index contributed by atoms with van der Waals surface area (Å²) in [4.78, 5) is 2.49. The average Bonchev–Trinajstić information content (AvgIpc) is 2.14. The van der Waals surface area contributed by atoms with Gasteiger partial charge in [0.25, 0.3) is 0 Å². The second kappa shape index (κ2) is 5.10. The molecule has 14 heavy (non-hydrogen) atoms. The third-order valence-electron chi connectivity index (χ3n) is 2.60. The molecule has 0 aromatic rings. The van der Waals surface area contributed by atoms with Crippen molar-refractivity contribution in [1.29, 1.82) is 0 Å². The van der Waals surface area contributed by atoms with Gasteiger partial charge in [0.2, 0.25) is 0 Å². The molecule has 0 spiro atoms. The summed E-state index contributed by atoms with van der Waals surface area (Å²) in [6.45, 7) is 13.9. The topological polar surface area (TPSA) is 24.5 Å². The van der Waals surface area contributed by atoms with E-state index in [0.29, 0.717) is 6.04 Å². The summed E-state index contributed by atoms with van der Waals surface area (Å²) in [6, 6.07) is 0.609. The fourth-order valence-electron chi connectivity index (χ4n) is 1.60. The Balaban J connectivity index is 2.23. The van der Waals surface area contributed by atoms with Gasteiger partial charge in [-0.3, -0.25) is 4.90 Å². The van der Waals surface area contributed by atoms with Gasteiger partial charge < -0.3 is 10.1 Å². The second-order valence-corrected chi connectivity index (χ2v) is 5.13. The monoisotopic (exact) mass is 200 g/mol. The van der Waals surface area contributed by atoms with Crippen molar-refractivity contribution in [3.05, 3.63) is 0 Å². The van der Waals surface area contributed by atoms with E-state index in [1.54, 1.807) is 0 Å². The van der Waals surface area contributed by atoms with Crippen LogP contribution in [0.2, 0.25) is 0 Å². The molecule has 1 unspecified atom stereocenters. The van der Waals surface area contributed by atoms with Crippen molar-refractivity contribution in [2.24, 2.45) is 0 Å². The highest BCUT2D eigenvalue weighted by Gasteiger charge is 2.18. The Hall–Kier alpha value is -0.120. The lowest BCUT2D eigenvalue weighted by atomic mass is 10.1. The molecule has 0 saturated carbocycles. The Morgan fingerprint density at radius 2 is 1.86 bits per heavy atom. The zero-order valence-corrected chi connectivity index (χ0v) is 9.97. The van der Waals surface area contributed by atoms with Gasteiger partial charge >= 0.3 is 0 Å². The zero-order valence-electron chi connectivity index (χ0n) is 9.97. The summed E-state index contributed by atoms with van der Waals surface area (Å²) in [6.07, 6.45) is 0. The van der Waals surface area contributed by atoms with E-state index in [4.69, 9.17) is 4.74 Å². The lowest BCUT2D eigenvalue weighted by molar-refractivity contribution is 0.0194. The summed E-state index contributed by atoms with van der Waals surface area (Å²) in [5.41, 5.74) is 0.223. The van der Waals surface area contributed by atoms with E-state index in [1.807, 2.05) is 0 Å². The van der Waals surface area contributed by atoms with Crippen LogP contribution in [-0.2, 0) is 4.74 Å². The maximum absolute atomic E-state index is 5.33. The third-order valence-corrected chi connectivity index (χ3v) is 2.60. The molecule has 3 heteroatoms. The van der Waals surface area contributed by atoms with E-state index in [0.717, 1.165) is 32.8 Å². The second-order valence-electron chi connectivity index (χ2n) is 5.13. The minimum atomic E-state index is 0.223. The third kappa shape index (κ3) is 4.40. The molecule has 3 nitrogen and oxygen atoms in total. The number of hydrogen-bond donors (Lipinski definition) is 1. The zero-order chi connectivity index (χ0) is 10.6. The van der Waals surface area contributed by atoms with Crippen LogP contribution in [0.15, 0.2) is 0 Å². The Kier molecular flexibility index (Phi) is 4.35. The van der Waals surface area contributed by atoms with Gasteiger partial charge in [0, 0.05) is 31.2 Å². The first-order valence-electron chi connectivity index (χ1n) is 5.56. The molecule has 1 aliphatic rings. The largest absolute Gasteiger partial charge is 0.379 e. The normalized spacial score (nSPS) is 22.3. The van der Waals surface area contributed by atoms with Gasteiger partial charge in [-0.2, -0.15) is 0 Å². The lowest BCUT2D eigenvalue weighted by Crippen LogP contribution is -2.49. The predicted octanol–water partition coefficient (Wildman–Crippen LogP) is 1.10. The summed E-state index contributed by atoms with van der Waals surface area (Å²) in [5.74, 6) is 0. The average molecular weight is 200 g/mol. The van der Waals surface area contributed by atoms with Crippen molar-refractivity contribution < 1.29 is 4.74 Å². The van der Waals surface area contributed by atoms with Crippen LogP contribution < -0.4 is 5.32 Å². The standard InChI is InChI=1S/C11H24N2O/c1-10(9-12-11(2,3)4)13-5-7-14-8-6-13/h10,12H,5-9H2,1-4H3. The van der Waals surface area contributed by atoms with Gasteiger partial charge in [-0.15, -0.1) is 0 Å². The van der Waals surface area contributed by atoms with Crippen molar-refractivity contribution in [2.75, 3.05) is 32.8 Å². The fraction of sp³-hybridized carbons (Fsp3) is 1.00. The molecule has 1 saturated heterocycles. The molecule has 0 aromatic heterocycles. The van der Waals surface area contributed by atoms with Gasteiger partial charge in [0.1, 0.15) is 0 Å². The smallest absolute Gasteiger partial charge is 0.0594 e. The van der Waals surface area contributed by atoms with Crippen LogP contribution in [0.25, 0.3) is 0 Å². The predicted molar refractivity (Wildman–Crippen MR) is 59.6 cm³/mol. The Morgan fingerprint density at radius 1 is 1.29 bits per heavy atom. The van der Waals surface area contributed by atoms with Crippen LogP contribution in [0.3, 0.4) is 0 Å². The van der Waals surface area contributed by atoms with E-state index >= 15 is 0 Å². The summed E-state index contributed by atoms with van der Waals surface area (Å²) < 4.78 is 5.33. The fourth-order valence-corrected chi connectivity index (χ4v) is 1.60. The van der Waals surface area contributed by atoms with Crippen molar-refractivity contribution in [1.82, 2.24) is 10.2 Å². The minimum absolute atomic E-state index is 0.223. The van der Waals surface area contributed by atoms with Gasteiger partial charge in [-0.25, -0.2) is 0 Å². The van der Waals surface area contributed by atoms with Crippen molar-refractivity contribution in [3.8, 4) is 0 Å². The van der Waals surface area contributed by atoms with Crippen LogP contribution in [0, 0.1) is 0 Å². The van der Waals surface area contributed by atoms with E-state index in [2.05, 4.69) is 37.9 Å². The maximum Gasteiger partial charge on any atom is 0.0594 e. The molecular weight excluding hydrogens is 176 g/mol. The van der Waals surface area contributed by atoms with Crippen molar-refractivity contribution in [3.63, 3.8) is 0 Å². The Labute approximate surface area is 87.8 Å². The number of hydrogen-bond acceptors (Lipinski definition) is 3. The maximum atomic E-state index is 5.33. The first kappa shape index (κ1) is 12.0. The summed E-state index contributed by atoms with van der Waals surface area (Å²) >= 11 is 0. The van der Waals surface area contributed by atoms with Gasteiger partial charge in [0.15, 0.2) is 0 Å². The molecule has 0 amide bonds. The van der Waals surface area contributed by atoms with Gasteiger partial charge in [0.05, 0.1) is 13.2 Å². The molecule has 1 aliphatic heterocycles.